The van der Waals surface area contributed by atoms with Crippen LogP contribution in [0.25, 0.3) is 5.69 Å². The maximum absolute atomic E-state index is 5.92. The number of benzene rings is 2. The fraction of sp³-hybridized carbons (Fsp3) is 0.241. The van der Waals surface area contributed by atoms with Crippen molar-refractivity contribution in [3.63, 3.8) is 0 Å². The first-order chi connectivity index (χ1) is 17.0. The van der Waals surface area contributed by atoms with E-state index in [0.29, 0.717) is 6.54 Å². The molecule has 1 N–H and O–H groups in total. The first-order valence-corrected chi connectivity index (χ1v) is 12.2. The maximum atomic E-state index is 5.92. The molecule has 35 heavy (non-hydrogen) atoms. The summed E-state index contributed by atoms with van der Waals surface area (Å²) in [5, 5.41) is 4.34. The van der Waals surface area contributed by atoms with Crippen LogP contribution >= 0.6 is 12.2 Å². The van der Waals surface area contributed by atoms with Gasteiger partial charge in [-0.1, -0.05) is 36.4 Å². The molecule has 0 radical (unpaired) electrons. The highest BCUT2D eigenvalue weighted by Gasteiger charge is 2.42. The van der Waals surface area contributed by atoms with E-state index in [1.54, 1.807) is 7.11 Å². The van der Waals surface area contributed by atoms with Gasteiger partial charge < -0.3 is 19.5 Å². The Morgan fingerprint density at radius 2 is 1.63 bits per heavy atom. The Hall–Kier alpha value is -3.64. The molecule has 2 aromatic carbocycles. The van der Waals surface area contributed by atoms with Crippen LogP contribution in [0, 0.1) is 20.8 Å². The second-order valence-corrected chi connectivity index (χ2v) is 9.37. The highest BCUT2D eigenvalue weighted by molar-refractivity contribution is 7.80. The van der Waals surface area contributed by atoms with E-state index in [4.69, 9.17) is 21.9 Å². The number of hydrogen-bond donors (Lipinski definition) is 1. The van der Waals surface area contributed by atoms with Crippen LogP contribution in [-0.2, 0) is 6.54 Å². The average Bonchev–Trinajstić information content (AvgIpc) is 3.32. The van der Waals surface area contributed by atoms with Crippen LogP contribution in [-0.4, -0.2) is 26.7 Å². The molecule has 3 heterocycles. The zero-order valence-corrected chi connectivity index (χ0v) is 21.3. The number of aromatic nitrogens is 2. The van der Waals surface area contributed by atoms with Gasteiger partial charge in [-0.3, -0.25) is 4.98 Å². The van der Waals surface area contributed by atoms with Gasteiger partial charge in [-0.05, 0) is 80.5 Å². The van der Waals surface area contributed by atoms with Crippen LogP contribution in [0.15, 0.2) is 79.0 Å². The van der Waals surface area contributed by atoms with E-state index in [9.17, 15) is 0 Å². The highest BCUT2D eigenvalue weighted by Crippen LogP contribution is 2.44. The SMILES string of the molecule is COc1ccc(CN2C(=S)N[C@H](c3ccccn3)[C@@H]2c2c(C)c(C)n(-c3ccccc3)c2C)cc1. The number of nitrogens with one attached hydrogen (secondary N) is 1. The third-order valence-corrected chi connectivity index (χ3v) is 7.38. The van der Waals surface area contributed by atoms with E-state index in [1.165, 1.54) is 33.8 Å². The summed E-state index contributed by atoms with van der Waals surface area (Å²) in [6, 6.07) is 24.8. The molecule has 0 bridgehead atoms. The largest absolute Gasteiger partial charge is 0.497 e. The number of ether oxygens (including phenoxy) is 1. The molecule has 4 aromatic rings. The lowest BCUT2D eigenvalue weighted by Crippen LogP contribution is -2.29. The summed E-state index contributed by atoms with van der Waals surface area (Å²) in [7, 11) is 1.69. The molecule has 0 unspecified atom stereocenters. The Morgan fingerprint density at radius 3 is 2.29 bits per heavy atom. The van der Waals surface area contributed by atoms with Gasteiger partial charge in [0.05, 0.1) is 24.9 Å². The normalized spacial score (nSPS) is 17.5. The van der Waals surface area contributed by atoms with E-state index in [2.05, 4.69) is 84.1 Å². The molecule has 6 heteroatoms. The summed E-state index contributed by atoms with van der Waals surface area (Å²) in [4.78, 5) is 7.02. The minimum Gasteiger partial charge on any atom is -0.497 e. The van der Waals surface area contributed by atoms with E-state index in [-0.39, 0.29) is 12.1 Å². The standard InChI is InChI=1S/C29H30N4OS/c1-19-20(2)33(23-10-6-5-7-11-23)21(3)26(19)28-27(25-12-8-9-17-30-25)31-29(35)32(28)18-22-13-15-24(34-4)16-14-22/h5-17,27-28H,18H2,1-4H3,(H,31,35)/t27-,28+/m1/s1. The molecular weight excluding hydrogens is 452 g/mol. The Labute approximate surface area is 212 Å². The molecule has 0 aliphatic carbocycles. The van der Waals surface area contributed by atoms with Crippen molar-refractivity contribution in [1.82, 2.24) is 19.8 Å². The predicted octanol–water partition coefficient (Wildman–Crippen LogP) is 5.98. The third-order valence-electron chi connectivity index (χ3n) is 7.03. The Morgan fingerprint density at radius 1 is 0.914 bits per heavy atom. The number of nitrogens with zero attached hydrogens (tertiary/aromatic N) is 3. The minimum absolute atomic E-state index is 0.00293. The molecule has 1 saturated heterocycles. The zero-order chi connectivity index (χ0) is 24.5. The monoisotopic (exact) mass is 482 g/mol. The van der Waals surface area contributed by atoms with Crippen molar-refractivity contribution >= 4 is 17.3 Å². The van der Waals surface area contributed by atoms with E-state index >= 15 is 0 Å². The second-order valence-electron chi connectivity index (χ2n) is 8.98. The molecule has 5 rings (SSSR count). The molecule has 2 aromatic heterocycles. The minimum atomic E-state index is -0.0506. The molecule has 0 saturated carbocycles. The van der Waals surface area contributed by atoms with Crippen molar-refractivity contribution in [2.45, 2.75) is 39.4 Å². The highest BCUT2D eigenvalue weighted by atomic mass is 32.1. The molecule has 1 aliphatic rings. The van der Waals surface area contributed by atoms with Crippen molar-refractivity contribution in [2.24, 2.45) is 0 Å². The van der Waals surface area contributed by atoms with Crippen molar-refractivity contribution in [3.8, 4) is 11.4 Å². The van der Waals surface area contributed by atoms with Crippen molar-refractivity contribution in [1.29, 1.82) is 0 Å². The quantitative estimate of drug-likeness (QED) is 0.343. The molecule has 178 valence electrons. The lowest BCUT2D eigenvalue weighted by atomic mass is 9.93. The molecule has 5 nitrogen and oxygen atoms in total. The summed E-state index contributed by atoms with van der Waals surface area (Å²) in [6.07, 6.45) is 1.85. The van der Waals surface area contributed by atoms with Crippen LogP contribution in [0.2, 0.25) is 0 Å². The number of methoxy groups -OCH3 is 1. The lowest BCUT2D eigenvalue weighted by Gasteiger charge is -2.29. The van der Waals surface area contributed by atoms with Gasteiger partial charge in [-0.2, -0.15) is 0 Å². The topological polar surface area (TPSA) is 42.3 Å². The zero-order valence-electron chi connectivity index (χ0n) is 20.5. The molecule has 1 fully saturated rings. The third kappa shape index (κ3) is 4.19. The van der Waals surface area contributed by atoms with Gasteiger partial charge in [0.1, 0.15) is 5.75 Å². The smallest absolute Gasteiger partial charge is 0.170 e. The van der Waals surface area contributed by atoms with Gasteiger partial charge in [0.2, 0.25) is 0 Å². The predicted molar refractivity (Wildman–Crippen MR) is 144 cm³/mol. The van der Waals surface area contributed by atoms with Gasteiger partial charge in [0, 0.05) is 35.4 Å². The van der Waals surface area contributed by atoms with Crippen LogP contribution in [0.3, 0.4) is 0 Å². The Balaban J connectivity index is 1.63. The van der Waals surface area contributed by atoms with Crippen molar-refractivity contribution in [3.05, 3.63) is 113 Å². The van der Waals surface area contributed by atoms with Crippen molar-refractivity contribution in [2.75, 3.05) is 7.11 Å². The molecular formula is C29H30N4OS. The number of para-hydroxylation sites is 1. The molecule has 0 spiro atoms. The van der Waals surface area contributed by atoms with Crippen LogP contribution in [0.4, 0.5) is 0 Å². The van der Waals surface area contributed by atoms with E-state index in [1.807, 2.05) is 30.5 Å². The van der Waals surface area contributed by atoms with Crippen LogP contribution in [0.1, 0.15) is 45.9 Å². The second kappa shape index (κ2) is 9.55. The van der Waals surface area contributed by atoms with E-state index < -0.39 is 0 Å². The average molecular weight is 483 g/mol. The summed E-state index contributed by atoms with van der Waals surface area (Å²) < 4.78 is 7.71. The maximum Gasteiger partial charge on any atom is 0.170 e. The summed E-state index contributed by atoms with van der Waals surface area (Å²) in [5.41, 5.74) is 8.37. The fourth-order valence-corrected chi connectivity index (χ4v) is 5.53. The Bertz CT molecular complexity index is 1330. The molecule has 0 amide bonds. The summed E-state index contributed by atoms with van der Waals surface area (Å²) >= 11 is 5.92. The number of pyridine rings is 1. The lowest BCUT2D eigenvalue weighted by molar-refractivity contribution is 0.309. The van der Waals surface area contributed by atoms with Gasteiger partial charge in [-0.15, -0.1) is 0 Å². The van der Waals surface area contributed by atoms with Gasteiger partial charge in [-0.25, -0.2) is 0 Å². The van der Waals surface area contributed by atoms with Crippen molar-refractivity contribution < 1.29 is 4.74 Å². The van der Waals surface area contributed by atoms with Gasteiger partial charge in [0.25, 0.3) is 0 Å². The number of thiocarbonyl (C=S) groups is 1. The fourth-order valence-electron chi connectivity index (χ4n) is 5.22. The van der Waals surface area contributed by atoms with Gasteiger partial charge in [0.15, 0.2) is 5.11 Å². The summed E-state index contributed by atoms with van der Waals surface area (Å²) in [6.45, 7) is 7.33. The molecule has 1 aliphatic heterocycles. The number of hydrogen-bond acceptors (Lipinski definition) is 3. The van der Waals surface area contributed by atoms with Crippen LogP contribution in [0.5, 0.6) is 5.75 Å². The van der Waals surface area contributed by atoms with Gasteiger partial charge >= 0.3 is 0 Å². The molecule has 2 atom stereocenters. The first-order valence-electron chi connectivity index (χ1n) is 11.8. The number of rotatable bonds is 6. The first kappa shape index (κ1) is 23.1. The summed E-state index contributed by atoms with van der Waals surface area (Å²) in [5.74, 6) is 0.848. The van der Waals surface area contributed by atoms with Crippen LogP contribution < -0.4 is 10.1 Å². The Kier molecular flexibility index (Phi) is 6.31. The van der Waals surface area contributed by atoms with E-state index in [0.717, 1.165) is 16.6 Å².